The second-order valence-electron chi connectivity index (χ2n) is 12.0. The fourth-order valence-electron chi connectivity index (χ4n) is 5.20. The molecule has 0 spiro atoms. The van der Waals surface area contributed by atoms with E-state index in [1.165, 1.54) is 18.5 Å². The summed E-state index contributed by atoms with van der Waals surface area (Å²) in [5.41, 5.74) is 7.63. The average Bonchev–Trinajstić information content (AvgIpc) is 3.21. The van der Waals surface area contributed by atoms with Crippen LogP contribution in [0, 0.1) is 11.6 Å². The summed E-state index contributed by atoms with van der Waals surface area (Å²) in [5.74, 6) is -1.18. The molecule has 1 unspecified atom stereocenters. The predicted molar refractivity (Wildman–Crippen MR) is 233 cm³/mol. The van der Waals surface area contributed by atoms with Gasteiger partial charge in [-0.1, -0.05) is 112 Å². The van der Waals surface area contributed by atoms with Crippen molar-refractivity contribution in [3.05, 3.63) is 186 Å². The van der Waals surface area contributed by atoms with Gasteiger partial charge >= 0.3 is 0 Å². The number of aldehydes is 1. The standard InChI is InChI=1S/C21H13Cl3FN3O.C9H7NO.C7H4Cl2O.C5H4ClFN2/c22-12-4-6-14(16(24)8-12)19(28-21-17(25)9-13(23)10-27-21)15-5-3-11-2-1-7-26-18(11)20(15)29;11-8-5-1-3-7-4-2-6-10-9(7)8;8-6-2-1-5(4-10)7(9)3-6;6-3-1-4(7)5(8)9-2-3/h1-10,19,29H,(H,27,28);1-6,11H;1-4H;1-2H,(H2,8,9). The number of carbonyl (C=O) groups excluding carboxylic acids is 1. The Kier molecular flexibility index (Phi) is 15.8. The van der Waals surface area contributed by atoms with Gasteiger partial charge in [0.15, 0.2) is 29.6 Å². The number of hydrogen-bond acceptors (Lipinski definition) is 9. The Bertz CT molecular complexity index is 2750. The van der Waals surface area contributed by atoms with Crippen LogP contribution in [0.5, 0.6) is 11.5 Å². The highest BCUT2D eigenvalue weighted by molar-refractivity contribution is 6.36. The molecule has 1 atom stereocenters. The zero-order chi connectivity index (χ0) is 42.6. The number of nitrogens with two attached hydrogens (primary N) is 1. The topological polar surface area (TPSA) is 147 Å². The Morgan fingerprint density at radius 3 is 1.78 bits per heavy atom. The number of nitrogens with zero attached hydrogens (tertiary/aromatic N) is 4. The van der Waals surface area contributed by atoms with E-state index in [-0.39, 0.29) is 33.2 Å². The minimum Gasteiger partial charge on any atom is -0.506 e. The number of aromatic nitrogens is 4. The third-order valence-electron chi connectivity index (χ3n) is 7.99. The minimum atomic E-state index is -0.727. The van der Waals surface area contributed by atoms with Crippen LogP contribution >= 0.6 is 69.6 Å². The van der Waals surface area contributed by atoms with Gasteiger partial charge in [-0.25, -0.2) is 18.7 Å². The molecule has 0 amide bonds. The largest absolute Gasteiger partial charge is 0.506 e. The highest BCUT2D eigenvalue weighted by Crippen LogP contribution is 2.39. The third-order valence-corrected chi connectivity index (χ3v) is 9.53. The molecule has 0 saturated heterocycles. The van der Waals surface area contributed by atoms with E-state index in [1.54, 1.807) is 67.0 Å². The number of halogens is 8. The number of fused-ring (bicyclic) bond motifs is 2. The van der Waals surface area contributed by atoms with E-state index in [1.807, 2.05) is 30.3 Å². The molecule has 0 aliphatic heterocycles. The van der Waals surface area contributed by atoms with Crippen molar-refractivity contribution >= 4 is 109 Å². The molecule has 0 aliphatic carbocycles. The fourth-order valence-corrected chi connectivity index (χ4v) is 6.46. The Morgan fingerprint density at radius 1 is 0.610 bits per heavy atom. The average molecular weight is 915 g/mol. The van der Waals surface area contributed by atoms with Crippen LogP contribution in [0.3, 0.4) is 0 Å². The number of phenols is 2. The normalized spacial score (nSPS) is 10.9. The zero-order valence-corrected chi connectivity index (χ0v) is 34.5. The van der Waals surface area contributed by atoms with Crippen LogP contribution in [0.4, 0.5) is 20.4 Å². The van der Waals surface area contributed by atoms with E-state index in [0.29, 0.717) is 54.1 Å². The van der Waals surface area contributed by atoms with Gasteiger partial charge in [-0.2, -0.15) is 0 Å². The maximum Gasteiger partial charge on any atom is 0.166 e. The molecule has 59 heavy (non-hydrogen) atoms. The molecule has 8 aromatic rings. The first-order valence-electron chi connectivity index (χ1n) is 16.8. The second-order valence-corrected chi connectivity index (χ2v) is 14.5. The maximum absolute atomic E-state index is 14.4. The van der Waals surface area contributed by atoms with Crippen molar-refractivity contribution in [1.29, 1.82) is 0 Å². The number of phenolic OH excluding ortho intramolecular Hbond substituents is 2. The van der Waals surface area contributed by atoms with Crippen LogP contribution in [0.2, 0.25) is 30.1 Å². The summed E-state index contributed by atoms with van der Waals surface area (Å²) in [6, 6.07) is 27.5. The van der Waals surface area contributed by atoms with Crippen LogP contribution in [0.1, 0.15) is 27.5 Å². The number of anilines is 2. The van der Waals surface area contributed by atoms with Gasteiger partial charge in [0.25, 0.3) is 0 Å². The maximum atomic E-state index is 14.4. The van der Waals surface area contributed by atoms with Gasteiger partial charge < -0.3 is 21.3 Å². The summed E-state index contributed by atoms with van der Waals surface area (Å²) in [5, 5.41) is 27.1. The van der Waals surface area contributed by atoms with Crippen molar-refractivity contribution in [2.45, 2.75) is 6.04 Å². The Hall–Kier alpha value is -5.53. The molecular weight excluding hydrogens is 887 g/mol. The first-order chi connectivity index (χ1) is 28.2. The summed E-state index contributed by atoms with van der Waals surface area (Å²) in [6.45, 7) is 0. The van der Waals surface area contributed by atoms with Crippen LogP contribution in [0.25, 0.3) is 21.8 Å². The lowest BCUT2D eigenvalue weighted by atomic mass is 9.96. The van der Waals surface area contributed by atoms with Crippen molar-refractivity contribution in [3.63, 3.8) is 0 Å². The van der Waals surface area contributed by atoms with E-state index >= 15 is 0 Å². The molecule has 17 heteroatoms. The molecule has 4 heterocycles. The number of rotatable bonds is 5. The van der Waals surface area contributed by atoms with E-state index in [9.17, 15) is 23.8 Å². The molecule has 8 rings (SSSR count). The molecule has 0 bridgehead atoms. The van der Waals surface area contributed by atoms with Crippen LogP contribution in [0.15, 0.2) is 128 Å². The van der Waals surface area contributed by atoms with Crippen molar-refractivity contribution < 1.29 is 23.8 Å². The monoisotopic (exact) mass is 912 g/mol. The molecule has 4 aromatic heterocycles. The number of carbonyl (C=O) groups is 1. The summed E-state index contributed by atoms with van der Waals surface area (Å²) in [6.07, 6.45) is 6.57. The Balaban J connectivity index is 0.000000179. The molecule has 0 fully saturated rings. The van der Waals surface area contributed by atoms with Gasteiger partial charge in [0.2, 0.25) is 0 Å². The number of hydrogen-bond donors (Lipinski definition) is 4. The number of nitrogen functional groups attached to an aromatic ring is 1. The lowest BCUT2D eigenvalue weighted by Crippen LogP contribution is -2.15. The molecule has 0 aliphatic rings. The molecule has 9 nitrogen and oxygen atoms in total. The van der Waals surface area contributed by atoms with Gasteiger partial charge in [-0.05, 0) is 66.2 Å². The zero-order valence-electron chi connectivity index (χ0n) is 30.0. The third kappa shape index (κ3) is 12.0. The summed E-state index contributed by atoms with van der Waals surface area (Å²) >= 11 is 34.8. The van der Waals surface area contributed by atoms with Gasteiger partial charge in [-0.15, -0.1) is 0 Å². The van der Waals surface area contributed by atoms with Gasteiger partial charge in [0.05, 0.1) is 21.1 Å². The molecule has 0 radical (unpaired) electrons. The van der Waals surface area contributed by atoms with Crippen molar-refractivity contribution in [2.24, 2.45) is 0 Å². The molecule has 5 N–H and O–H groups in total. The molecular formula is C42H28Cl6F2N6O3. The van der Waals surface area contributed by atoms with Crippen LogP contribution in [-0.2, 0) is 0 Å². The van der Waals surface area contributed by atoms with Gasteiger partial charge in [0.1, 0.15) is 22.5 Å². The smallest absolute Gasteiger partial charge is 0.166 e. The van der Waals surface area contributed by atoms with Crippen molar-refractivity contribution in [1.82, 2.24) is 19.9 Å². The number of nitrogens with one attached hydrogen (secondary N) is 1. The number of para-hydroxylation sites is 1. The highest BCUT2D eigenvalue weighted by Gasteiger charge is 2.24. The van der Waals surface area contributed by atoms with Crippen molar-refractivity contribution in [3.8, 4) is 11.5 Å². The fraction of sp³-hybridized carbons (Fsp3) is 0.0238. The summed E-state index contributed by atoms with van der Waals surface area (Å²) in [4.78, 5) is 26.0. The lowest BCUT2D eigenvalue weighted by Gasteiger charge is -2.23. The molecule has 4 aromatic carbocycles. The van der Waals surface area contributed by atoms with E-state index in [4.69, 9.17) is 75.3 Å². The first kappa shape index (κ1) is 44.6. The van der Waals surface area contributed by atoms with Crippen LogP contribution in [-0.4, -0.2) is 36.4 Å². The SMILES string of the molecule is Nc1ncc(Cl)cc1F.O=Cc1ccc(Cl)cc1Cl.Oc1c(C(Nc2ncc(Cl)cc2F)c2ccc(Cl)cc2Cl)ccc2cccnc12.Oc1cccc2cccnc12. The van der Waals surface area contributed by atoms with E-state index in [2.05, 4.69) is 25.3 Å². The van der Waals surface area contributed by atoms with Gasteiger partial charge in [-0.3, -0.25) is 14.8 Å². The summed E-state index contributed by atoms with van der Waals surface area (Å²) < 4.78 is 26.7. The first-order valence-corrected chi connectivity index (χ1v) is 19.1. The Labute approximate surface area is 365 Å². The minimum absolute atomic E-state index is 0.0362. The van der Waals surface area contributed by atoms with Gasteiger partial charge in [0, 0.05) is 61.8 Å². The highest BCUT2D eigenvalue weighted by atomic mass is 35.5. The lowest BCUT2D eigenvalue weighted by molar-refractivity contribution is 0.112. The quantitative estimate of drug-likeness (QED) is 0.124. The predicted octanol–water partition coefficient (Wildman–Crippen LogP) is 12.8. The number of benzene rings is 4. The second kappa shape index (κ2) is 20.9. The van der Waals surface area contributed by atoms with E-state index < -0.39 is 17.7 Å². The molecule has 300 valence electrons. The molecule has 0 saturated carbocycles. The van der Waals surface area contributed by atoms with E-state index in [0.717, 1.165) is 22.9 Å². The summed E-state index contributed by atoms with van der Waals surface area (Å²) in [7, 11) is 0. The van der Waals surface area contributed by atoms with Crippen LogP contribution < -0.4 is 11.1 Å². The number of aromatic hydroxyl groups is 2. The Morgan fingerprint density at radius 2 is 1.19 bits per heavy atom. The number of pyridine rings is 4. The van der Waals surface area contributed by atoms with Crippen molar-refractivity contribution in [2.75, 3.05) is 11.1 Å².